The van der Waals surface area contributed by atoms with Crippen molar-refractivity contribution in [1.82, 2.24) is 14.8 Å². The van der Waals surface area contributed by atoms with E-state index in [0.29, 0.717) is 17.3 Å². The molecule has 0 fully saturated rings. The summed E-state index contributed by atoms with van der Waals surface area (Å²) in [4.78, 5) is 15.7. The first kappa shape index (κ1) is 14.0. The predicted octanol–water partition coefficient (Wildman–Crippen LogP) is 2.47. The first-order valence-corrected chi connectivity index (χ1v) is 6.36. The Hall–Kier alpha value is -2.37. The molecule has 2 aromatic heterocycles. The number of aromatic nitrogens is 3. The summed E-state index contributed by atoms with van der Waals surface area (Å²) in [5, 5.41) is 7.56. The number of methoxy groups -OCH3 is 1. The minimum Gasteiger partial charge on any atom is -0.465 e. The summed E-state index contributed by atoms with van der Waals surface area (Å²) in [6, 6.07) is 5.23. The minimum absolute atomic E-state index is 0.353. The first-order chi connectivity index (χ1) is 9.51. The Labute approximate surface area is 117 Å². The number of hydrogen-bond acceptors (Lipinski definition) is 5. The average Bonchev–Trinajstić information content (AvgIpc) is 2.80. The van der Waals surface area contributed by atoms with Gasteiger partial charge >= 0.3 is 5.97 Å². The van der Waals surface area contributed by atoms with E-state index >= 15 is 0 Å². The molecule has 2 heterocycles. The summed E-state index contributed by atoms with van der Waals surface area (Å²) in [6.07, 6.45) is 1.56. The quantitative estimate of drug-likeness (QED) is 0.867. The molecule has 2 aromatic rings. The third kappa shape index (κ3) is 2.96. The summed E-state index contributed by atoms with van der Waals surface area (Å²) >= 11 is 0. The van der Waals surface area contributed by atoms with Gasteiger partial charge in [-0.05, 0) is 18.1 Å². The molecule has 106 valence electrons. The Balaban J connectivity index is 2.24. The zero-order valence-corrected chi connectivity index (χ0v) is 12.0. The van der Waals surface area contributed by atoms with E-state index in [1.807, 2.05) is 13.1 Å². The van der Waals surface area contributed by atoms with E-state index in [-0.39, 0.29) is 5.97 Å². The molecule has 0 aliphatic carbocycles. The Kier molecular flexibility index (Phi) is 4.02. The second-order valence-corrected chi connectivity index (χ2v) is 4.78. The van der Waals surface area contributed by atoms with Crippen LogP contribution in [-0.2, 0) is 11.8 Å². The van der Waals surface area contributed by atoms with Crippen molar-refractivity contribution in [2.24, 2.45) is 7.05 Å². The second kappa shape index (κ2) is 5.73. The fraction of sp³-hybridized carbons (Fsp3) is 0.357. The highest BCUT2D eigenvalue weighted by Crippen LogP contribution is 2.20. The van der Waals surface area contributed by atoms with Gasteiger partial charge in [-0.15, -0.1) is 0 Å². The van der Waals surface area contributed by atoms with Gasteiger partial charge in [0.05, 0.1) is 18.4 Å². The number of hydrogen-bond donors (Lipinski definition) is 1. The summed E-state index contributed by atoms with van der Waals surface area (Å²) < 4.78 is 6.44. The van der Waals surface area contributed by atoms with Gasteiger partial charge in [0.1, 0.15) is 11.6 Å². The highest BCUT2D eigenvalue weighted by atomic mass is 16.5. The zero-order chi connectivity index (χ0) is 14.7. The highest BCUT2D eigenvalue weighted by Gasteiger charge is 2.10. The number of carbonyl (C=O) groups excluding carboxylic acids is 1. The maximum absolute atomic E-state index is 11.5. The fourth-order valence-corrected chi connectivity index (χ4v) is 1.76. The smallest absolute Gasteiger partial charge is 0.338 e. The predicted molar refractivity (Wildman–Crippen MR) is 76.2 cm³/mol. The molecule has 0 unspecified atom stereocenters. The van der Waals surface area contributed by atoms with Crippen molar-refractivity contribution in [2.45, 2.75) is 19.8 Å². The van der Waals surface area contributed by atoms with Crippen LogP contribution in [0.25, 0.3) is 0 Å². The topological polar surface area (TPSA) is 69.0 Å². The molecule has 6 heteroatoms. The van der Waals surface area contributed by atoms with Crippen molar-refractivity contribution >= 4 is 17.6 Å². The van der Waals surface area contributed by atoms with Gasteiger partial charge in [0.25, 0.3) is 0 Å². The molecule has 0 aliphatic heterocycles. The highest BCUT2D eigenvalue weighted by molar-refractivity contribution is 5.90. The van der Waals surface area contributed by atoms with E-state index in [1.165, 1.54) is 7.11 Å². The van der Waals surface area contributed by atoms with Crippen LogP contribution in [0, 0.1) is 0 Å². The lowest BCUT2D eigenvalue weighted by Crippen LogP contribution is -2.04. The van der Waals surface area contributed by atoms with Crippen LogP contribution in [0.4, 0.5) is 11.6 Å². The number of esters is 1. The molecular formula is C14H18N4O2. The number of pyridine rings is 1. The van der Waals surface area contributed by atoms with E-state index in [9.17, 15) is 4.79 Å². The molecule has 0 bridgehead atoms. The van der Waals surface area contributed by atoms with Gasteiger partial charge < -0.3 is 10.1 Å². The maximum atomic E-state index is 11.5. The molecule has 1 N–H and O–H groups in total. The number of aryl methyl sites for hydroxylation is 1. The van der Waals surface area contributed by atoms with Gasteiger partial charge in [-0.25, -0.2) is 9.78 Å². The van der Waals surface area contributed by atoms with Crippen LogP contribution in [0.15, 0.2) is 24.4 Å². The lowest BCUT2D eigenvalue weighted by molar-refractivity contribution is 0.0600. The minimum atomic E-state index is -0.386. The fourth-order valence-electron chi connectivity index (χ4n) is 1.76. The summed E-state index contributed by atoms with van der Waals surface area (Å²) in [6.45, 7) is 4.17. The van der Waals surface area contributed by atoms with Crippen LogP contribution in [0.5, 0.6) is 0 Å². The van der Waals surface area contributed by atoms with E-state index in [1.54, 1.807) is 23.0 Å². The van der Waals surface area contributed by atoms with Crippen molar-refractivity contribution in [3.63, 3.8) is 0 Å². The summed E-state index contributed by atoms with van der Waals surface area (Å²) in [7, 11) is 3.21. The van der Waals surface area contributed by atoms with E-state index in [0.717, 1.165) is 11.5 Å². The molecule has 0 aromatic carbocycles. The lowest BCUT2D eigenvalue weighted by atomic mass is 10.1. The maximum Gasteiger partial charge on any atom is 0.338 e. The molecule has 20 heavy (non-hydrogen) atoms. The van der Waals surface area contributed by atoms with Crippen LogP contribution < -0.4 is 5.32 Å². The molecule has 0 saturated carbocycles. The average molecular weight is 274 g/mol. The van der Waals surface area contributed by atoms with Crippen molar-refractivity contribution < 1.29 is 9.53 Å². The lowest BCUT2D eigenvalue weighted by Gasteiger charge is -2.06. The molecule has 0 amide bonds. The molecule has 0 aliphatic rings. The number of ether oxygens (including phenoxy) is 1. The van der Waals surface area contributed by atoms with Crippen molar-refractivity contribution in [3.05, 3.63) is 35.7 Å². The third-order valence-electron chi connectivity index (χ3n) is 2.93. The van der Waals surface area contributed by atoms with Crippen molar-refractivity contribution in [1.29, 1.82) is 0 Å². The molecular weight excluding hydrogens is 256 g/mol. The zero-order valence-electron chi connectivity index (χ0n) is 12.0. The Bertz CT molecular complexity index is 619. The standard InChI is InChI=1S/C14H18N4O2/c1-9(2)11-8-13(18(3)17-11)16-12-7-10(5-6-15-12)14(19)20-4/h5-9H,1-4H3,(H,15,16). The van der Waals surface area contributed by atoms with Gasteiger partial charge in [-0.2, -0.15) is 5.10 Å². The molecule has 0 spiro atoms. The van der Waals surface area contributed by atoms with Crippen LogP contribution in [0.2, 0.25) is 0 Å². The number of rotatable bonds is 4. The van der Waals surface area contributed by atoms with Crippen LogP contribution >= 0.6 is 0 Å². The monoisotopic (exact) mass is 274 g/mol. The SMILES string of the molecule is COC(=O)c1ccnc(Nc2cc(C(C)C)nn2C)c1. The van der Waals surface area contributed by atoms with Crippen LogP contribution in [-0.4, -0.2) is 27.8 Å². The molecule has 0 atom stereocenters. The number of nitrogens with one attached hydrogen (secondary N) is 1. The van der Waals surface area contributed by atoms with Crippen molar-refractivity contribution in [2.75, 3.05) is 12.4 Å². The Morgan fingerprint density at radius 2 is 2.15 bits per heavy atom. The summed E-state index contributed by atoms with van der Waals surface area (Å²) in [5.74, 6) is 1.36. The van der Waals surface area contributed by atoms with Crippen molar-refractivity contribution in [3.8, 4) is 0 Å². The number of anilines is 2. The molecule has 6 nitrogen and oxygen atoms in total. The molecule has 0 saturated heterocycles. The van der Waals surface area contributed by atoms with E-state index in [4.69, 9.17) is 0 Å². The Morgan fingerprint density at radius 3 is 2.75 bits per heavy atom. The van der Waals surface area contributed by atoms with E-state index in [2.05, 4.69) is 34.0 Å². The third-order valence-corrected chi connectivity index (χ3v) is 2.93. The van der Waals surface area contributed by atoms with E-state index < -0.39 is 0 Å². The van der Waals surface area contributed by atoms with Gasteiger partial charge in [0.2, 0.25) is 0 Å². The number of carbonyl (C=O) groups is 1. The van der Waals surface area contributed by atoms with Crippen LogP contribution in [0.1, 0.15) is 35.8 Å². The first-order valence-electron chi connectivity index (χ1n) is 6.36. The second-order valence-electron chi connectivity index (χ2n) is 4.78. The largest absolute Gasteiger partial charge is 0.465 e. The van der Waals surface area contributed by atoms with Gasteiger partial charge in [-0.1, -0.05) is 13.8 Å². The molecule has 2 rings (SSSR count). The summed E-state index contributed by atoms with van der Waals surface area (Å²) in [5.41, 5.74) is 1.45. The van der Waals surface area contributed by atoms with Gasteiger partial charge in [0, 0.05) is 19.3 Å². The van der Waals surface area contributed by atoms with Gasteiger partial charge in [-0.3, -0.25) is 4.68 Å². The normalized spacial score (nSPS) is 10.7. The van der Waals surface area contributed by atoms with Crippen LogP contribution in [0.3, 0.4) is 0 Å². The Morgan fingerprint density at radius 1 is 1.40 bits per heavy atom. The van der Waals surface area contributed by atoms with Gasteiger partial charge in [0.15, 0.2) is 0 Å². The number of nitrogens with zero attached hydrogens (tertiary/aromatic N) is 3. The molecule has 0 radical (unpaired) electrons.